The van der Waals surface area contributed by atoms with Gasteiger partial charge in [0.2, 0.25) is 5.82 Å². The summed E-state index contributed by atoms with van der Waals surface area (Å²) in [7, 11) is 0. The van der Waals surface area contributed by atoms with E-state index in [9.17, 15) is 9.90 Å². The molecular weight excluding hydrogens is 246 g/mol. The first-order chi connectivity index (χ1) is 9.07. The van der Waals surface area contributed by atoms with Crippen molar-refractivity contribution in [1.82, 2.24) is 24.9 Å². The molecule has 2 heterocycles. The minimum atomic E-state index is -0.747. The normalized spacial score (nSPS) is 17.2. The molecule has 0 atom stereocenters. The number of carbonyl (C=O) groups excluding carboxylic acids is 1. The molecule has 0 unspecified atom stereocenters. The van der Waals surface area contributed by atoms with E-state index in [-0.39, 0.29) is 18.3 Å². The zero-order chi connectivity index (χ0) is 13.5. The van der Waals surface area contributed by atoms with Crippen LogP contribution in [0.1, 0.15) is 35.6 Å². The van der Waals surface area contributed by atoms with Crippen molar-refractivity contribution >= 4 is 11.7 Å². The summed E-state index contributed by atoms with van der Waals surface area (Å²) in [6.07, 6.45) is 4.08. The Hall–Kier alpha value is -2.02. The van der Waals surface area contributed by atoms with Crippen LogP contribution in [0.25, 0.3) is 5.78 Å². The number of hydrogen-bond acceptors (Lipinski definition) is 5. The van der Waals surface area contributed by atoms with Crippen LogP contribution in [0.3, 0.4) is 0 Å². The minimum Gasteiger partial charge on any atom is -0.388 e. The van der Waals surface area contributed by atoms with Crippen molar-refractivity contribution in [3.8, 4) is 0 Å². The van der Waals surface area contributed by atoms with Crippen molar-refractivity contribution < 1.29 is 9.90 Å². The number of amides is 1. The van der Waals surface area contributed by atoms with Gasteiger partial charge in [0.25, 0.3) is 11.7 Å². The van der Waals surface area contributed by atoms with E-state index in [0.29, 0.717) is 5.78 Å². The van der Waals surface area contributed by atoms with E-state index in [1.165, 1.54) is 4.52 Å². The van der Waals surface area contributed by atoms with Gasteiger partial charge in [0, 0.05) is 18.4 Å². The van der Waals surface area contributed by atoms with Gasteiger partial charge < -0.3 is 10.4 Å². The molecule has 100 valence electrons. The lowest BCUT2D eigenvalue weighted by Gasteiger charge is -2.36. The van der Waals surface area contributed by atoms with Crippen LogP contribution in [0.4, 0.5) is 0 Å². The third-order valence-corrected chi connectivity index (χ3v) is 3.50. The maximum atomic E-state index is 11.9. The fourth-order valence-electron chi connectivity index (χ4n) is 2.09. The summed E-state index contributed by atoms with van der Waals surface area (Å²) in [6, 6.07) is 1.79. The largest absolute Gasteiger partial charge is 0.388 e. The molecule has 0 bridgehead atoms. The molecule has 0 saturated heterocycles. The molecule has 3 rings (SSSR count). The molecular formula is C12H15N5O2. The number of fused-ring (bicyclic) bond motifs is 1. The Kier molecular flexibility index (Phi) is 2.70. The highest BCUT2D eigenvalue weighted by molar-refractivity contribution is 5.90. The summed E-state index contributed by atoms with van der Waals surface area (Å²) in [5.74, 6) is 0.0856. The van der Waals surface area contributed by atoms with Crippen molar-refractivity contribution in [3.63, 3.8) is 0 Å². The Morgan fingerprint density at radius 3 is 3.00 bits per heavy atom. The predicted molar refractivity (Wildman–Crippen MR) is 66.7 cm³/mol. The molecule has 1 aliphatic rings. The summed E-state index contributed by atoms with van der Waals surface area (Å²) < 4.78 is 1.52. The molecule has 1 amide bonds. The van der Waals surface area contributed by atoms with E-state index in [2.05, 4.69) is 20.4 Å². The Bertz CT molecular complexity index is 632. The molecule has 1 aliphatic carbocycles. The fraction of sp³-hybridized carbons (Fsp3) is 0.500. The molecule has 2 N–H and O–H groups in total. The Labute approximate surface area is 109 Å². The number of aliphatic hydroxyl groups is 1. The lowest BCUT2D eigenvalue weighted by atomic mass is 9.80. The van der Waals surface area contributed by atoms with Crippen LogP contribution in [0.2, 0.25) is 0 Å². The molecule has 0 aliphatic heterocycles. The van der Waals surface area contributed by atoms with Gasteiger partial charge in [0.15, 0.2) is 0 Å². The Balaban J connectivity index is 1.76. The highest BCUT2D eigenvalue weighted by atomic mass is 16.3. The van der Waals surface area contributed by atoms with Gasteiger partial charge in [-0.3, -0.25) is 4.79 Å². The van der Waals surface area contributed by atoms with Gasteiger partial charge in [0.05, 0.1) is 5.60 Å². The average molecular weight is 261 g/mol. The second kappa shape index (κ2) is 4.27. The molecule has 1 fully saturated rings. The van der Waals surface area contributed by atoms with Crippen molar-refractivity contribution in [1.29, 1.82) is 0 Å². The molecule has 19 heavy (non-hydrogen) atoms. The zero-order valence-electron chi connectivity index (χ0n) is 10.6. The van der Waals surface area contributed by atoms with Gasteiger partial charge in [-0.15, -0.1) is 5.10 Å². The maximum Gasteiger partial charge on any atom is 0.291 e. The van der Waals surface area contributed by atoms with Crippen LogP contribution in [0.5, 0.6) is 0 Å². The van der Waals surface area contributed by atoms with E-state index in [4.69, 9.17) is 0 Å². The first-order valence-corrected chi connectivity index (χ1v) is 6.26. The van der Waals surface area contributed by atoms with Crippen LogP contribution < -0.4 is 5.32 Å². The van der Waals surface area contributed by atoms with Gasteiger partial charge in [-0.2, -0.15) is 4.98 Å². The molecule has 0 radical (unpaired) electrons. The standard InChI is InChI=1S/C12H15N5O2/c1-8-3-6-13-11-15-9(16-17(8)11)10(18)14-7-12(19)4-2-5-12/h3,6,19H,2,4-5,7H2,1H3,(H,14,18). The van der Waals surface area contributed by atoms with Crippen LogP contribution >= 0.6 is 0 Å². The Morgan fingerprint density at radius 1 is 1.58 bits per heavy atom. The summed E-state index contributed by atoms with van der Waals surface area (Å²) in [4.78, 5) is 20.0. The molecule has 0 aromatic carbocycles. The van der Waals surface area contributed by atoms with E-state index in [0.717, 1.165) is 25.0 Å². The Morgan fingerprint density at radius 2 is 2.37 bits per heavy atom. The van der Waals surface area contributed by atoms with Crippen molar-refractivity contribution in [2.75, 3.05) is 6.54 Å². The molecule has 1 saturated carbocycles. The van der Waals surface area contributed by atoms with E-state index >= 15 is 0 Å². The highest BCUT2D eigenvalue weighted by Crippen LogP contribution is 2.30. The number of hydrogen-bond donors (Lipinski definition) is 2. The second-order valence-corrected chi connectivity index (χ2v) is 4.99. The minimum absolute atomic E-state index is 0.0738. The highest BCUT2D eigenvalue weighted by Gasteiger charge is 2.34. The first kappa shape index (κ1) is 12.0. The van der Waals surface area contributed by atoms with Crippen molar-refractivity contribution in [2.45, 2.75) is 31.8 Å². The SMILES string of the molecule is Cc1ccnc2nc(C(=O)NCC3(O)CCC3)nn12. The van der Waals surface area contributed by atoms with Gasteiger partial charge in [-0.25, -0.2) is 9.50 Å². The van der Waals surface area contributed by atoms with Crippen molar-refractivity contribution in [3.05, 3.63) is 23.8 Å². The molecule has 7 nitrogen and oxygen atoms in total. The average Bonchev–Trinajstić information content (AvgIpc) is 2.79. The summed E-state index contributed by atoms with van der Waals surface area (Å²) in [6.45, 7) is 2.11. The third kappa shape index (κ3) is 2.17. The predicted octanol–water partition coefficient (Wildman–Crippen LogP) is 0.0775. The zero-order valence-corrected chi connectivity index (χ0v) is 10.6. The van der Waals surface area contributed by atoms with E-state index in [1.54, 1.807) is 12.3 Å². The summed E-state index contributed by atoms with van der Waals surface area (Å²) >= 11 is 0. The number of carbonyl (C=O) groups is 1. The third-order valence-electron chi connectivity index (χ3n) is 3.50. The van der Waals surface area contributed by atoms with E-state index < -0.39 is 5.60 Å². The maximum absolute atomic E-state index is 11.9. The van der Waals surface area contributed by atoms with Crippen LogP contribution in [0, 0.1) is 6.92 Å². The number of nitrogens with one attached hydrogen (secondary N) is 1. The van der Waals surface area contributed by atoms with Crippen LogP contribution in [-0.4, -0.2) is 42.7 Å². The van der Waals surface area contributed by atoms with Crippen LogP contribution in [-0.2, 0) is 0 Å². The molecule has 0 spiro atoms. The lowest BCUT2D eigenvalue weighted by molar-refractivity contribution is -0.0301. The van der Waals surface area contributed by atoms with Crippen LogP contribution in [0.15, 0.2) is 12.3 Å². The molecule has 2 aromatic heterocycles. The molecule has 7 heteroatoms. The number of aromatic nitrogens is 4. The van der Waals surface area contributed by atoms with Gasteiger partial charge in [-0.05, 0) is 32.3 Å². The summed E-state index contributed by atoms with van der Waals surface area (Å²) in [5.41, 5.74) is 0.109. The van der Waals surface area contributed by atoms with E-state index in [1.807, 2.05) is 6.92 Å². The van der Waals surface area contributed by atoms with Gasteiger partial charge in [0.1, 0.15) is 0 Å². The first-order valence-electron chi connectivity index (χ1n) is 6.26. The fourth-order valence-corrected chi connectivity index (χ4v) is 2.09. The quantitative estimate of drug-likeness (QED) is 0.816. The van der Waals surface area contributed by atoms with Crippen molar-refractivity contribution in [2.24, 2.45) is 0 Å². The topological polar surface area (TPSA) is 92.4 Å². The summed E-state index contributed by atoms with van der Waals surface area (Å²) in [5, 5.41) is 16.7. The lowest BCUT2D eigenvalue weighted by Crippen LogP contribution is -2.47. The van der Waals surface area contributed by atoms with Gasteiger partial charge in [-0.1, -0.05) is 0 Å². The number of rotatable bonds is 3. The number of nitrogens with zero attached hydrogens (tertiary/aromatic N) is 4. The monoisotopic (exact) mass is 261 g/mol. The smallest absolute Gasteiger partial charge is 0.291 e. The van der Waals surface area contributed by atoms with Gasteiger partial charge >= 0.3 is 0 Å². The second-order valence-electron chi connectivity index (χ2n) is 4.99. The number of aryl methyl sites for hydroxylation is 1. The molecule has 2 aromatic rings.